The average Bonchev–Trinajstić information content (AvgIpc) is 2.10. The molecular weight excluding hydrogens is 170 g/mol. The van der Waals surface area contributed by atoms with E-state index >= 15 is 0 Å². The highest BCUT2D eigenvalue weighted by molar-refractivity contribution is 7.99. The van der Waals surface area contributed by atoms with Gasteiger partial charge in [0.2, 0.25) is 5.91 Å². The second kappa shape index (κ2) is 8.91. The van der Waals surface area contributed by atoms with E-state index in [0.29, 0.717) is 6.42 Å². The van der Waals surface area contributed by atoms with Gasteiger partial charge in [0, 0.05) is 13.5 Å². The number of hydrogen-bond donors (Lipinski definition) is 1. The van der Waals surface area contributed by atoms with E-state index in [2.05, 4.69) is 12.2 Å². The predicted molar refractivity (Wildman–Crippen MR) is 55.5 cm³/mol. The lowest BCUT2D eigenvalue weighted by Gasteiger charge is -1.99. The summed E-state index contributed by atoms with van der Waals surface area (Å²) in [5.74, 6) is 2.61. The van der Waals surface area contributed by atoms with Crippen LogP contribution in [0.2, 0.25) is 0 Å². The number of rotatable bonds is 7. The second-order valence-corrected chi connectivity index (χ2v) is 4.07. The van der Waals surface area contributed by atoms with Crippen LogP contribution in [0.15, 0.2) is 0 Å². The minimum absolute atomic E-state index is 0.165. The molecule has 0 atom stereocenters. The van der Waals surface area contributed by atoms with Crippen molar-refractivity contribution < 1.29 is 4.79 Å². The maximum atomic E-state index is 10.8. The van der Waals surface area contributed by atoms with Crippen LogP contribution in [0, 0.1) is 0 Å². The van der Waals surface area contributed by atoms with E-state index in [1.807, 2.05) is 11.8 Å². The molecule has 0 aromatic rings. The highest BCUT2D eigenvalue weighted by Crippen LogP contribution is 2.06. The van der Waals surface area contributed by atoms with Crippen LogP contribution in [0.5, 0.6) is 0 Å². The molecule has 0 saturated carbocycles. The summed E-state index contributed by atoms with van der Waals surface area (Å²) in [7, 11) is 1.69. The highest BCUT2D eigenvalue weighted by atomic mass is 32.2. The molecule has 0 bridgehead atoms. The number of amides is 1. The average molecular weight is 189 g/mol. The van der Waals surface area contributed by atoms with Crippen molar-refractivity contribution in [3.8, 4) is 0 Å². The monoisotopic (exact) mass is 189 g/mol. The Labute approximate surface area is 79.5 Å². The molecule has 0 aliphatic carbocycles. The topological polar surface area (TPSA) is 29.1 Å². The number of unbranched alkanes of at least 4 members (excludes halogenated alkanes) is 2. The van der Waals surface area contributed by atoms with E-state index in [0.717, 1.165) is 6.42 Å². The van der Waals surface area contributed by atoms with Gasteiger partial charge in [-0.05, 0) is 24.3 Å². The summed E-state index contributed by atoms with van der Waals surface area (Å²) in [6.07, 6.45) is 4.15. The zero-order valence-electron chi connectivity index (χ0n) is 8.06. The third-order valence-corrected chi connectivity index (χ3v) is 2.66. The summed E-state index contributed by atoms with van der Waals surface area (Å²) in [5.41, 5.74) is 0. The van der Waals surface area contributed by atoms with Crippen molar-refractivity contribution in [2.24, 2.45) is 0 Å². The molecule has 1 amide bonds. The zero-order chi connectivity index (χ0) is 9.23. The number of carbonyl (C=O) groups is 1. The van der Waals surface area contributed by atoms with Gasteiger partial charge in [0.05, 0.1) is 0 Å². The summed E-state index contributed by atoms with van der Waals surface area (Å²) in [5, 5.41) is 2.62. The van der Waals surface area contributed by atoms with E-state index in [-0.39, 0.29) is 5.91 Å². The molecule has 0 fully saturated rings. The molecule has 0 aromatic heterocycles. The lowest BCUT2D eigenvalue weighted by molar-refractivity contribution is -0.120. The number of nitrogens with one attached hydrogen (secondary N) is 1. The first kappa shape index (κ1) is 11.8. The van der Waals surface area contributed by atoms with E-state index in [9.17, 15) is 4.79 Å². The Bertz CT molecular complexity index is 117. The van der Waals surface area contributed by atoms with Gasteiger partial charge in [-0.3, -0.25) is 4.79 Å². The maximum Gasteiger partial charge on any atom is 0.219 e. The first-order chi connectivity index (χ1) is 5.81. The van der Waals surface area contributed by atoms with Crippen LogP contribution in [0.1, 0.15) is 32.6 Å². The molecule has 3 heteroatoms. The molecule has 0 radical (unpaired) electrons. The summed E-state index contributed by atoms with van der Waals surface area (Å²) in [6, 6.07) is 0. The minimum atomic E-state index is 0.165. The van der Waals surface area contributed by atoms with Crippen molar-refractivity contribution >= 4 is 17.7 Å². The Hall–Kier alpha value is -0.180. The van der Waals surface area contributed by atoms with Crippen molar-refractivity contribution in [1.82, 2.24) is 5.32 Å². The smallest absolute Gasteiger partial charge is 0.219 e. The van der Waals surface area contributed by atoms with E-state index < -0.39 is 0 Å². The van der Waals surface area contributed by atoms with Crippen LogP contribution < -0.4 is 5.32 Å². The molecule has 0 aliphatic heterocycles. The SMILES string of the molecule is CCSCCCCCC(=O)NC. The van der Waals surface area contributed by atoms with Crippen LogP contribution in [0.4, 0.5) is 0 Å². The van der Waals surface area contributed by atoms with Gasteiger partial charge in [0.1, 0.15) is 0 Å². The fourth-order valence-corrected chi connectivity index (χ4v) is 1.63. The fraction of sp³-hybridized carbons (Fsp3) is 0.889. The van der Waals surface area contributed by atoms with Gasteiger partial charge < -0.3 is 5.32 Å². The Morgan fingerprint density at radius 2 is 2.08 bits per heavy atom. The first-order valence-electron chi connectivity index (χ1n) is 4.59. The standard InChI is InChI=1S/C9H19NOS/c1-3-12-8-6-4-5-7-9(11)10-2/h3-8H2,1-2H3,(H,10,11). The molecule has 0 saturated heterocycles. The van der Waals surface area contributed by atoms with Gasteiger partial charge in [0.15, 0.2) is 0 Å². The van der Waals surface area contributed by atoms with Crippen molar-refractivity contribution in [2.45, 2.75) is 32.6 Å². The molecule has 0 aliphatic rings. The van der Waals surface area contributed by atoms with Crippen molar-refractivity contribution in [3.63, 3.8) is 0 Å². The molecule has 0 unspecified atom stereocenters. The molecule has 0 spiro atoms. The number of hydrogen-bond acceptors (Lipinski definition) is 2. The Balaban J connectivity index is 2.95. The molecule has 12 heavy (non-hydrogen) atoms. The van der Waals surface area contributed by atoms with Crippen LogP contribution in [-0.4, -0.2) is 24.5 Å². The summed E-state index contributed by atoms with van der Waals surface area (Å²) in [4.78, 5) is 10.8. The van der Waals surface area contributed by atoms with Crippen LogP contribution in [-0.2, 0) is 4.79 Å². The molecule has 0 aromatic carbocycles. The van der Waals surface area contributed by atoms with E-state index in [1.165, 1.54) is 24.3 Å². The molecule has 0 rings (SSSR count). The van der Waals surface area contributed by atoms with Gasteiger partial charge in [-0.25, -0.2) is 0 Å². The summed E-state index contributed by atoms with van der Waals surface area (Å²) in [6.45, 7) is 2.18. The molecule has 1 N–H and O–H groups in total. The molecular formula is C9H19NOS. The van der Waals surface area contributed by atoms with Gasteiger partial charge in [-0.1, -0.05) is 13.3 Å². The normalized spacial score (nSPS) is 9.83. The Morgan fingerprint density at radius 1 is 1.33 bits per heavy atom. The zero-order valence-corrected chi connectivity index (χ0v) is 8.88. The van der Waals surface area contributed by atoms with Crippen LogP contribution in [0.3, 0.4) is 0 Å². The third kappa shape index (κ3) is 7.92. The lowest BCUT2D eigenvalue weighted by atomic mass is 10.2. The lowest BCUT2D eigenvalue weighted by Crippen LogP contribution is -2.16. The Kier molecular flexibility index (Phi) is 8.78. The van der Waals surface area contributed by atoms with Crippen LogP contribution >= 0.6 is 11.8 Å². The van der Waals surface area contributed by atoms with Gasteiger partial charge in [-0.2, -0.15) is 11.8 Å². The third-order valence-electron chi connectivity index (χ3n) is 1.68. The van der Waals surface area contributed by atoms with Crippen molar-refractivity contribution in [1.29, 1.82) is 0 Å². The quantitative estimate of drug-likeness (QED) is 0.621. The first-order valence-corrected chi connectivity index (χ1v) is 5.75. The molecule has 0 heterocycles. The largest absolute Gasteiger partial charge is 0.359 e. The second-order valence-electron chi connectivity index (χ2n) is 2.68. The molecule has 2 nitrogen and oxygen atoms in total. The van der Waals surface area contributed by atoms with E-state index in [4.69, 9.17) is 0 Å². The van der Waals surface area contributed by atoms with Crippen molar-refractivity contribution in [3.05, 3.63) is 0 Å². The van der Waals surface area contributed by atoms with Crippen LogP contribution in [0.25, 0.3) is 0 Å². The summed E-state index contributed by atoms with van der Waals surface area (Å²) >= 11 is 1.97. The predicted octanol–water partition coefficient (Wildman–Crippen LogP) is 2.05. The number of thioether (sulfide) groups is 1. The van der Waals surface area contributed by atoms with Gasteiger partial charge >= 0.3 is 0 Å². The minimum Gasteiger partial charge on any atom is -0.359 e. The van der Waals surface area contributed by atoms with Gasteiger partial charge in [-0.15, -0.1) is 0 Å². The van der Waals surface area contributed by atoms with E-state index in [1.54, 1.807) is 7.05 Å². The van der Waals surface area contributed by atoms with Crippen molar-refractivity contribution in [2.75, 3.05) is 18.6 Å². The Morgan fingerprint density at radius 3 is 2.67 bits per heavy atom. The number of carbonyl (C=O) groups excluding carboxylic acids is 1. The molecule has 72 valence electrons. The fourth-order valence-electron chi connectivity index (χ4n) is 0.936. The highest BCUT2D eigenvalue weighted by Gasteiger charge is 1.96. The summed E-state index contributed by atoms with van der Waals surface area (Å²) < 4.78 is 0. The van der Waals surface area contributed by atoms with Gasteiger partial charge in [0.25, 0.3) is 0 Å². The maximum absolute atomic E-state index is 10.8.